The van der Waals surface area contributed by atoms with Crippen LogP contribution in [0.4, 0.5) is 0 Å². The first-order valence-electron chi connectivity index (χ1n) is 5.76. The van der Waals surface area contributed by atoms with Gasteiger partial charge in [-0.2, -0.15) is 10.2 Å². The number of hydrazine groups is 1. The normalized spacial score (nSPS) is 12.9. The van der Waals surface area contributed by atoms with Gasteiger partial charge in [0.15, 0.2) is 0 Å². The Hall–Kier alpha value is -1.37. The van der Waals surface area contributed by atoms with Gasteiger partial charge in [-0.15, -0.1) is 0 Å². The van der Waals surface area contributed by atoms with E-state index in [-0.39, 0.29) is 6.04 Å². The summed E-state index contributed by atoms with van der Waals surface area (Å²) in [5.41, 5.74) is 5.54. The lowest BCUT2D eigenvalue weighted by molar-refractivity contribution is 0.515. The predicted molar refractivity (Wildman–Crippen MR) is 70.0 cm³/mol. The number of nitrogens with zero attached hydrogens (tertiary/aromatic N) is 4. The zero-order valence-electron chi connectivity index (χ0n) is 10.7. The summed E-state index contributed by atoms with van der Waals surface area (Å²) < 4.78 is 3.62. The molecule has 0 fully saturated rings. The summed E-state index contributed by atoms with van der Waals surface area (Å²) in [6, 6.07) is 1.77. The molecule has 98 valence electrons. The summed E-state index contributed by atoms with van der Waals surface area (Å²) in [7, 11) is 1.84. The number of rotatable bonds is 4. The number of nitrogens with one attached hydrogen (secondary N) is 1. The molecule has 2 aromatic heterocycles. The number of nitrogens with two attached hydrogens (primary N) is 1. The van der Waals surface area contributed by atoms with E-state index in [1.807, 2.05) is 31.6 Å². The average Bonchev–Trinajstić information content (AvgIpc) is 2.87. The molecular weight excluding hydrogens is 252 g/mol. The van der Waals surface area contributed by atoms with Crippen LogP contribution in [0.3, 0.4) is 0 Å². The van der Waals surface area contributed by atoms with Crippen molar-refractivity contribution >= 4 is 11.6 Å². The summed E-state index contributed by atoms with van der Waals surface area (Å²) in [5, 5.41) is 9.13. The van der Waals surface area contributed by atoms with Crippen molar-refractivity contribution in [3.63, 3.8) is 0 Å². The lowest BCUT2D eigenvalue weighted by Crippen LogP contribution is -2.32. The van der Waals surface area contributed by atoms with Crippen LogP contribution in [0.15, 0.2) is 12.3 Å². The number of aromatic nitrogens is 4. The molecule has 0 aliphatic carbocycles. The van der Waals surface area contributed by atoms with Crippen LogP contribution in [0.5, 0.6) is 0 Å². The number of hydrogen-bond acceptors (Lipinski definition) is 4. The van der Waals surface area contributed by atoms with Crippen LogP contribution in [-0.4, -0.2) is 19.6 Å². The first-order chi connectivity index (χ1) is 8.58. The van der Waals surface area contributed by atoms with Gasteiger partial charge in [0.2, 0.25) is 0 Å². The second-order valence-corrected chi connectivity index (χ2v) is 4.53. The SMILES string of the molecule is CCn1nc(C)cc1C(NN)c1c(Cl)cnn1C. The molecule has 2 rings (SSSR count). The fourth-order valence-electron chi connectivity index (χ4n) is 2.10. The second kappa shape index (κ2) is 5.09. The van der Waals surface area contributed by atoms with Gasteiger partial charge in [0.05, 0.1) is 28.3 Å². The zero-order chi connectivity index (χ0) is 13.3. The van der Waals surface area contributed by atoms with Crippen LogP contribution in [0, 0.1) is 6.92 Å². The summed E-state index contributed by atoms with van der Waals surface area (Å²) in [6.07, 6.45) is 1.61. The van der Waals surface area contributed by atoms with Gasteiger partial charge in [0, 0.05) is 13.6 Å². The minimum Gasteiger partial charge on any atom is -0.270 e. The molecule has 0 radical (unpaired) electrons. The predicted octanol–water partition coefficient (Wildman–Crippen LogP) is 1.15. The van der Waals surface area contributed by atoms with E-state index in [1.165, 1.54) is 0 Å². The maximum absolute atomic E-state index is 6.16. The summed E-state index contributed by atoms with van der Waals surface area (Å²) >= 11 is 6.16. The maximum atomic E-state index is 6.16. The molecule has 0 saturated carbocycles. The molecule has 0 aliphatic rings. The third-order valence-corrected chi connectivity index (χ3v) is 3.20. The van der Waals surface area contributed by atoms with Gasteiger partial charge in [-0.3, -0.25) is 15.2 Å². The number of hydrogen-bond donors (Lipinski definition) is 2. The van der Waals surface area contributed by atoms with E-state index in [0.29, 0.717) is 5.02 Å². The van der Waals surface area contributed by atoms with Crippen LogP contribution in [0.1, 0.15) is 30.0 Å². The third-order valence-electron chi connectivity index (χ3n) is 2.91. The largest absolute Gasteiger partial charge is 0.270 e. The van der Waals surface area contributed by atoms with E-state index < -0.39 is 0 Å². The molecule has 0 aliphatic heterocycles. The highest BCUT2D eigenvalue weighted by Gasteiger charge is 2.23. The van der Waals surface area contributed by atoms with Crippen molar-refractivity contribution in [2.45, 2.75) is 26.4 Å². The van der Waals surface area contributed by atoms with Crippen molar-refractivity contribution in [1.82, 2.24) is 25.0 Å². The Morgan fingerprint density at radius 1 is 1.56 bits per heavy atom. The van der Waals surface area contributed by atoms with Gasteiger partial charge >= 0.3 is 0 Å². The van der Waals surface area contributed by atoms with Crippen LogP contribution >= 0.6 is 11.6 Å². The molecule has 0 amide bonds. The molecule has 3 N–H and O–H groups in total. The Bertz CT molecular complexity index is 524. The van der Waals surface area contributed by atoms with Gasteiger partial charge < -0.3 is 0 Å². The second-order valence-electron chi connectivity index (χ2n) is 4.13. The molecular formula is C11H17ClN6. The average molecular weight is 269 g/mol. The first kappa shape index (κ1) is 13.1. The highest BCUT2D eigenvalue weighted by molar-refractivity contribution is 6.31. The summed E-state index contributed by atoms with van der Waals surface area (Å²) in [6.45, 7) is 4.76. The van der Waals surface area contributed by atoms with Crippen LogP contribution < -0.4 is 11.3 Å². The van der Waals surface area contributed by atoms with E-state index in [1.54, 1.807) is 10.9 Å². The molecule has 1 unspecified atom stereocenters. The third kappa shape index (κ3) is 2.14. The van der Waals surface area contributed by atoms with Crippen LogP contribution in [0.25, 0.3) is 0 Å². The molecule has 18 heavy (non-hydrogen) atoms. The maximum Gasteiger partial charge on any atom is 0.106 e. The lowest BCUT2D eigenvalue weighted by atomic mass is 10.1. The molecule has 0 bridgehead atoms. The van der Waals surface area contributed by atoms with Gasteiger partial charge in [0.1, 0.15) is 6.04 Å². The number of aryl methyl sites for hydroxylation is 3. The smallest absolute Gasteiger partial charge is 0.106 e. The van der Waals surface area contributed by atoms with E-state index in [2.05, 4.69) is 15.6 Å². The van der Waals surface area contributed by atoms with Gasteiger partial charge in [-0.25, -0.2) is 5.43 Å². The van der Waals surface area contributed by atoms with Crippen LogP contribution in [0.2, 0.25) is 5.02 Å². The fourth-order valence-corrected chi connectivity index (χ4v) is 2.38. The minimum atomic E-state index is -0.230. The van der Waals surface area contributed by atoms with Gasteiger partial charge in [-0.05, 0) is 19.9 Å². The Morgan fingerprint density at radius 3 is 2.78 bits per heavy atom. The summed E-state index contributed by atoms with van der Waals surface area (Å²) in [5.74, 6) is 5.68. The zero-order valence-corrected chi connectivity index (χ0v) is 11.4. The van der Waals surface area contributed by atoms with Crippen molar-refractivity contribution in [2.75, 3.05) is 0 Å². The van der Waals surface area contributed by atoms with Gasteiger partial charge in [0.25, 0.3) is 0 Å². The molecule has 6 nitrogen and oxygen atoms in total. The Morgan fingerprint density at radius 2 is 2.28 bits per heavy atom. The summed E-state index contributed by atoms with van der Waals surface area (Å²) in [4.78, 5) is 0. The molecule has 7 heteroatoms. The topological polar surface area (TPSA) is 73.7 Å². The Balaban J connectivity index is 2.51. The molecule has 0 spiro atoms. The molecule has 2 aromatic rings. The molecule has 1 atom stereocenters. The fraction of sp³-hybridized carbons (Fsp3) is 0.455. The van der Waals surface area contributed by atoms with Crippen LogP contribution in [-0.2, 0) is 13.6 Å². The Labute approximate surface area is 111 Å². The van der Waals surface area contributed by atoms with E-state index >= 15 is 0 Å². The van der Waals surface area contributed by atoms with E-state index in [0.717, 1.165) is 23.6 Å². The standard InChI is InChI=1S/C11H17ClN6/c1-4-18-9(5-7(2)16-18)10(15-13)11-8(12)6-14-17(11)3/h5-6,10,15H,4,13H2,1-3H3. The monoisotopic (exact) mass is 268 g/mol. The van der Waals surface area contributed by atoms with E-state index in [4.69, 9.17) is 17.4 Å². The minimum absolute atomic E-state index is 0.230. The molecule has 2 heterocycles. The molecule has 0 aromatic carbocycles. The van der Waals surface area contributed by atoms with Crippen molar-refractivity contribution in [2.24, 2.45) is 12.9 Å². The Kier molecular flexibility index (Phi) is 3.70. The van der Waals surface area contributed by atoms with Crippen molar-refractivity contribution in [3.8, 4) is 0 Å². The molecule has 0 saturated heterocycles. The van der Waals surface area contributed by atoms with Crippen molar-refractivity contribution < 1.29 is 0 Å². The first-order valence-corrected chi connectivity index (χ1v) is 6.14. The number of halogens is 1. The quantitative estimate of drug-likeness (QED) is 0.644. The van der Waals surface area contributed by atoms with Crippen molar-refractivity contribution in [3.05, 3.63) is 34.4 Å². The van der Waals surface area contributed by atoms with Crippen molar-refractivity contribution in [1.29, 1.82) is 0 Å². The van der Waals surface area contributed by atoms with E-state index in [9.17, 15) is 0 Å². The highest BCUT2D eigenvalue weighted by Crippen LogP contribution is 2.27. The lowest BCUT2D eigenvalue weighted by Gasteiger charge is -2.18. The van der Waals surface area contributed by atoms with Gasteiger partial charge in [-0.1, -0.05) is 11.6 Å². The highest BCUT2D eigenvalue weighted by atomic mass is 35.5.